The zero-order valence-electron chi connectivity index (χ0n) is 11.0. The van der Waals surface area contributed by atoms with E-state index < -0.39 is 0 Å². The minimum absolute atomic E-state index is 0.354. The summed E-state index contributed by atoms with van der Waals surface area (Å²) in [6, 6.07) is 0. The fourth-order valence-electron chi connectivity index (χ4n) is 2.05. The molecule has 1 heteroatoms. The molecule has 0 aromatic heterocycles. The van der Waals surface area contributed by atoms with Gasteiger partial charge in [0.1, 0.15) is 5.78 Å². The molecule has 0 radical (unpaired) electrons. The molecule has 0 fully saturated rings. The summed E-state index contributed by atoms with van der Waals surface area (Å²) in [7, 11) is 0. The maximum Gasteiger partial charge on any atom is 0.135 e. The molecule has 0 saturated carbocycles. The Kier molecular flexibility index (Phi) is 8.74. The average Bonchev–Trinajstić information content (AvgIpc) is 2.16. The van der Waals surface area contributed by atoms with Crippen LogP contribution in [0.2, 0.25) is 0 Å². The SMILES string of the molecule is CCCC(CCC)C(=O)CCCC(C)C. The molecule has 0 unspecified atom stereocenters. The van der Waals surface area contributed by atoms with E-state index in [1.165, 1.54) is 6.42 Å². The first-order chi connectivity index (χ1) is 7.11. The van der Waals surface area contributed by atoms with Crippen LogP contribution in [0.25, 0.3) is 0 Å². The highest BCUT2D eigenvalue weighted by molar-refractivity contribution is 5.80. The topological polar surface area (TPSA) is 17.1 Å². The van der Waals surface area contributed by atoms with Crippen molar-refractivity contribution in [1.82, 2.24) is 0 Å². The Labute approximate surface area is 95.6 Å². The monoisotopic (exact) mass is 212 g/mol. The highest BCUT2D eigenvalue weighted by Gasteiger charge is 2.15. The lowest BCUT2D eigenvalue weighted by atomic mass is 9.90. The summed E-state index contributed by atoms with van der Waals surface area (Å²) >= 11 is 0. The van der Waals surface area contributed by atoms with E-state index in [9.17, 15) is 4.79 Å². The molecule has 0 aliphatic heterocycles. The van der Waals surface area contributed by atoms with Gasteiger partial charge in [-0.25, -0.2) is 0 Å². The molecule has 0 aliphatic carbocycles. The molecule has 0 heterocycles. The first kappa shape index (κ1) is 14.7. The molecular formula is C14H28O. The maximum absolute atomic E-state index is 11.9. The van der Waals surface area contributed by atoms with Crippen LogP contribution in [0.1, 0.15) is 72.6 Å². The Morgan fingerprint density at radius 1 is 1.00 bits per heavy atom. The highest BCUT2D eigenvalue weighted by atomic mass is 16.1. The summed E-state index contributed by atoms with van der Waals surface area (Å²) in [6.07, 6.45) is 7.55. The Bertz CT molecular complexity index is 155. The molecule has 0 spiro atoms. The zero-order valence-corrected chi connectivity index (χ0v) is 11.0. The minimum atomic E-state index is 0.354. The van der Waals surface area contributed by atoms with E-state index >= 15 is 0 Å². The molecule has 90 valence electrons. The van der Waals surface area contributed by atoms with Crippen LogP contribution in [-0.4, -0.2) is 5.78 Å². The highest BCUT2D eigenvalue weighted by Crippen LogP contribution is 2.18. The quantitative estimate of drug-likeness (QED) is 0.546. The number of hydrogen-bond acceptors (Lipinski definition) is 1. The molecule has 1 nitrogen and oxygen atoms in total. The molecule has 0 aromatic rings. The van der Waals surface area contributed by atoms with Crippen LogP contribution in [0.4, 0.5) is 0 Å². The predicted molar refractivity (Wildman–Crippen MR) is 67.0 cm³/mol. The maximum atomic E-state index is 11.9. The average molecular weight is 212 g/mol. The van der Waals surface area contributed by atoms with Gasteiger partial charge in [0.15, 0.2) is 0 Å². The first-order valence-electron chi connectivity index (χ1n) is 6.64. The van der Waals surface area contributed by atoms with Crippen LogP contribution in [0.3, 0.4) is 0 Å². The van der Waals surface area contributed by atoms with E-state index in [4.69, 9.17) is 0 Å². The van der Waals surface area contributed by atoms with Crippen molar-refractivity contribution in [2.75, 3.05) is 0 Å². The summed E-state index contributed by atoms with van der Waals surface area (Å²) in [4.78, 5) is 11.9. The normalized spacial score (nSPS) is 11.3. The van der Waals surface area contributed by atoms with Gasteiger partial charge in [-0.05, 0) is 25.2 Å². The van der Waals surface area contributed by atoms with Gasteiger partial charge in [-0.1, -0.05) is 47.0 Å². The molecule has 0 aliphatic rings. The number of ketones is 1. The summed E-state index contributed by atoms with van der Waals surface area (Å²) in [5.74, 6) is 1.60. The summed E-state index contributed by atoms with van der Waals surface area (Å²) < 4.78 is 0. The lowest BCUT2D eigenvalue weighted by Gasteiger charge is -2.14. The molecule has 15 heavy (non-hydrogen) atoms. The van der Waals surface area contributed by atoms with Gasteiger partial charge in [0.2, 0.25) is 0 Å². The standard InChI is InChI=1S/C14H28O/c1-5-8-13(9-6-2)14(15)11-7-10-12(3)4/h12-13H,5-11H2,1-4H3. The van der Waals surface area contributed by atoms with Crippen molar-refractivity contribution in [1.29, 1.82) is 0 Å². The Balaban J connectivity index is 3.80. The van der Waals surface area contributed by atoms with Crippen LogP contribution in [0, 0.1) is 11.8 Å². The third-order valence-corrected chi connectivity index (χ3v) is 2.93. The van der Waals surface area contributed by atoms with E-state index in [0.717, 1.165) is 44.4 Å². The second-order valence-electron chi connectivity index (χ2n) is 5.03. The number of Topliss-reactive ketones (excluding diaryl/α,β-unsaturated/α-hetero) is 1. The van der Waals surface area contributed by atoms with Crippen LogP contribution in [-0.2, 0) is 4.79 Å². The molecule has 0 atom stereocenters. The summed E-state index contributed by atoms with van der Waals surface area (Å²) in [6.45, 7) is 8.79. The van der Waals surface area contributed by atoms with E-state index in [0.29, 0.717) is 11.7 Å². The van der Waals surface area contributed by atoms with Gasteiger partial charge in [0.25, 0.3) is 0 Å². The van der Waals surface area contributed by atoms with Gasteiger partial charge in [-0.3, -0.25) is 4.79 Å². The number of carbonyl (C=O) groups excluding carboxylic acids is 1. The van der Waals surface area contributed by atoms with Gasteiger partial charge in [0.05, 0.1) is 0 Å². The van der Waals surface area contributed by atoms with Crippen molar-refractivity contribution in [3.8, 4) is 0 Å². The van der Waals surface area contributed by atoms with E-state index in [2.05, 4.69) is 27.7 Å². The van der Waals surface area contributed by atoms with Crippen LogP contribution < -0.4 is 0 Å². The number of rotatable bonds is 9. The van der Waals surface area contributed by atoms with Crippen LogP contribution in [0.5, 0.6) is 0 Å². The molecule has 0 rings (SSSR count). The van der Waals surface area contributed by atoms with Gasteiger partial charge in [0, 0.05) is 12.3 Å². The number of hydrogen-bond donors (Lipinski definition) is 0. The Hall–Kier alpha value is -0.330. The van der Waals surface area contributed by atoms with Gasteiger partial charge in [-0.2, -0.15) is 0 Å². The minimum Gasteiger partial charge on any atom is -0.299 e. The van der Waals surface area contributed by atoms with Gasteiger partial charge in [-0.15, -0.1) is 0 Å². The van der Waals surface area contributed by atoms with Crippen molar-refractivity contribution in [3.05, 3.63) is 0 Å². The lowest BCUT2D eigenvalue weighted by Crippen LogP contribution is -2.14. The van der Waals surface area contributed by atoms with Crippen molar-refractivity contribution < 1.29 is 4.79 Å². The second kappa shape index (κ2) is 8.94. The van der Waals surface area contributed by atoms with Gasteiger partial charge < -0.3 is 0 Å². The number of carbonyl (C=O) groups is 1. The van der Waals surface area contributed by atoms with Crippen molar-refractivity contribution in [3.63, 3.8) is 0 Å². The second-order valence-corrected chi connectivity index (χ2v) is 5.03. The Morgan fingerprint density at radius 2 is 1.53 bits per heavy atom. The fourth-order valence-corrected chi connectivity index (χ4v) is 2.05. The molecule has 0 N–H and O–H groups in total. The third-order valence-electron chi connectivity index (χ3n) is 2.93. The fraction of sp³-hybridized carbons (Fsp3) is 0.929. The molecular weight excluding hydrogens is 184 g/mol. The van der Waals surface area contributed by atoms with Crippen molar-refractivity contribution in [2.45, 2.75) is 72.6 Å². The van der Waals surface area contributed by atoms with E-state index in [-0.39, 0.29) is 0 Å². The van der Waals surface area contributed by atoms with Crippen molar-refractivity contribution >= 4 is 5.78 Å². The zero-order chi connectivity index (χ0) is 11.7. The Morgan fingerprint density at radius 3 is 1.93 bits per heavy atom. The van der Waals surface area contributed by atoms with Gasteiger partial charge >= 0.3 is 0 Å². The predicted octanol–water partition coefficient (Wildman–Crippen LogP) is 4.60. The summed E-state index contributed by atoms with van der Waals surface area (Å²) in [5.41, 5.74) is 0. The molecule has 0 aromatic carbocycles. The van der Waals surface area contributed by atoms with Crippen molar-refractivity contribution in [2.24, 2.45) is 11.8 Å². The van der Waals surface area contributed by atoms with Crippen LogP contribution in [0.15, 0.2) is 0 Å². The van der Waals surface area contributed by atoms with E-state index in [1.54, 1.807) is 0 Å². The largest absolute Gasteiger partial charge is 0.299 e. The molecule has 0 bridgehead atoms. The smallest absolute Gasteiger partial charge is 0.135 e. The van der Waals surface area contributed by atoms with Crippen LogP contribution >= 0.6 is 0 Å². The molecule has 0 amide bonds. The summed E-state index contributed by atoms with van der Waals surface area (Å²) in [5, 5.41) is 0. The lowest BCUT2D eigenvalue weighted by molar-refractivity contribution is -0.123. The first-order valence-corrected chi connectivity index (χ1v) is 6.64. The molecule has 0 saturated heterocycles. The third kappa shape index (κ3) is 7.58. The van der Waals surface area contributed by atoms with E-state index in [1.807, 2.05) is 0 Å².